The number of hydrogen-bond acceptors (Lipinski definition) is 10. The molecule has 0 amide bonds. The van der Waals surface area contributed by atoms with E-state index in [0.29, 0.717) is 0 Å². The van der Waals surface area contributed by atoms with Gasteiger partial charge in [0.05, 0.1) is 0 Å². The summed E-state index contributed by atoms with van der Waals surface area (Å²) in [6, 6.07) is 29.0. The third kappa shape index (κ3) is 5.83. The van der Waals surface area contributed by atoms with Crippen molar-refractivity contribution in [3.63, 3.8) is 0 Å². The van der Waals surface area contributed by atoms with Gasteiger partial charge in [-0.1, -0.05) is 0 Å². The number of benzene rings is 5. The van der Waals surface area contributed by atoms with E-state index in [1.165, 1.54) is 60.7 Å². The molecule has 5 N–H and O–H groups in total. The summed E-state index contributed by atoms with van der Waals surface area (Å²) in [7, 11) is 0. The number of hydrogen-bond donors (Lipinski definition) is 5. The zero-order valence-corrected chi connectivity index (χ0v) is 23.1. The van der Waals surface area contributed by atoms with E-state index in [-0.39, 0.29) is 57.5 Å². The second-order valence-corrected chi connectivity index (χ2v) is 13.6. The molecule has 0 saturated carbocycles. The first-order chi connectivity index (χ1) is 19.8. The summed E-state index contributed by atoms with van der Waals surface area (Å²) in [5.41, 5.74) is 0. The van der Waals surface area contributed by atoms with Crippen LogP contribution < -0.4 is 18.6 Å². The van der Waals surface area contributed by atoms with Gasteiger partial charge in [0, 0.05) is 0 Å². The van der Waals surface area contributed by atoms with Gasteiger partial charge in [-0.3, -0.25) is 0 Å². The van der Waals surface area contributed by atoms with Crippen molar-refractivity contribution in [2.24, 2.45) is 0 Å². The van der Waals surface area contributed by atoms with Crippen molar-refractivity contribution in [1.29, 1.82) is 0 Å². The van der Waals surface area contributed by atoms with Crippen LogP contribution in [0.2, 0.25) is 0 Å². The van der Waals surface area contributed by atoms with Crippen LogP contribution in [0.3, 0.4) is 0 Å². The fourth-order valence-electron chi connectivity index (χ4n) is 3.66. The van der Waals surface area contributed by atoms with E-state index in [0.717, 1.165) is 0 Å². The second kappa shape index (κ2) is 11.0. The van der Waals surface area contributed by atoms with Crippen molar-refractivity contribution >= 4 is 14.2 Å². The molecule has 0 aliphatic carbocycles. The van der Waals surface area contributed by atoms with Gasteiger partial charge in [0.1, 0.15) is 0 Å². The van der Waals surface area contributed by atoms with E-state index < -0.39 is 14.2 Å². The molecule has 0 saturated heterocycles. The molecule has 0 radical (unpaired) electrons. The molecule has 0 fully saturated rings. The minimum atomic E-state index is -6.85. The third-order valence-electron chi connectivity index (χ3n) is 5.56. The van der Waals surface area contributed by atoms with Gasteiger partial charge >= 0.3 is 237 Å². The summed E-state index contributed by atoms with van der Waals surface area (Å²) in [5, 5.41) is 53.8. The Labute approximate surface area is 236 Å². The molecule has 0 aromatic heterocycles. The van der Waals surface area contributed by atoms with Crippen LogP contribution >= 0.6 is 0 Å². The van der Waals surface area contributed by atoms with E-state index in [1.54, 1.807) is 60.7 Å². The van der Waals surface area contributed by atoms with Gasteiger partial charge in [0.25, 0.3) is 0 Å². The topological polar surface area (TPSA) is 147 Å². The van der Waals surface area contributed by atoms with E-state index in [4.69, 9.17) is 18.6 Å². The Morgan fingerprint density at radius 1 is 0.293 bits per heavy atom. The molecule has 41 heavy (non-hydrogen) atoms. The third-order valence-corrected chi connectivity index (χ3v) is 10.8. The standard InChI is InChI=1S/C30H25AsO10/c32-21-11-1-6-16-26(21)37-31(38-27-17-7-2-12-22(27)33,39-28-18-8-3-13-23(28)34,40-29-19-9-4-14-24(29)35)41-30-20-10-5-15-25(30)36/h1-20,32-36H. The Morgan fingerprint density at radius 3 is 0.634 bits per heavy atom. The first kappa shape index (κ1) is 27.2. The molecule has 210 valence electrons. The monoisotopic (exact) mass is 620 g/mol. The normalized spacial score (nSPS) is 12.0. The van der Waals surface area contributed by atoms with Crippen molar-refractivity contribution < 1.29 is 44.2 Å². The summed E-state index contributed by atoms with van der Waals surface area (Å²) in [6.45, 7) is 0. The van der Waals surface area contributed by atoms with Gasteiger partial charge in [0.2, 0.25) is 0 Å². The van der Waals surface area contributed by atoms with Gasteiger partial charge in [-0.05, 0) is 0 Å². The van der Waals surface area contributed by atoms with Crippen molar-refractivity contribution in [3.8, 4) is 57.5 Å². The molecule has 10 nitrogen and oxygen atoms in total. The van der Waals surface area contributed by atoms with Gasteiger partial charge in [-0.2, -0.15) is 0 Å². The molecular formula is C30H25AsO10. The number of phenolic OH excluding ortho intramolecular Hbond substituents is 5. The Hall–Kier alpha value is -5.34. The van der Waals surface area contributed by atoms with Crippen LogP contribution in [-0.4, -0.2) is 39.7 Å². The molecule has 0 unspecified atom stereocenters. The first-order valence-electron chi connectivity index (χ1n) is 12.2. The summed E-state index contributed by atoms with van der Waals surface area (Å²) in [4.78, 5) is 0. The fraction of sp³-hybridized carbons (Fsp3) is 0. The first-order valence-corrected chi connectivity index (χ1v) is 16.0. The number of para-hydroxylation sites is 10. The van der Waals surface area contributed by atoms with Gasteiger partial charge in [-0.15, -0.1) is 0 Å². The van der Waals surface area contributed by atoms with Crippen LogP contribution in [0.1, 0.15) is 0 Å². The number of phenols is 5. The summed E-state index contributed by atoms with van der Waals surface area (Å²) < 4.78 is 31.8. The average molecular weight is 620 g/mol. The van der Waals surface area contributed by atoms with Crippen LogP contribution in [0.5, 0.6) is 57.5 Å². The predicted molar refractivity (Wildman–Crippen MR) is 149 cm³/mol. The Balaban J connectivity index is 1.87. The molecule has 0 bridgehead atoms. The number of aromatic hydroxyl groups is 5. The molecule has 5 aromatic carbocycles. The Morgan fingerprint density at radius 2 is 0.463 bits per heavy atom. The SMILES string of the molecule is Oc1ccccc1O[As](Oc1ccccc1O)(Oc1ccccc1O)(Oc1ccccc1O)Oc1ccccc1O. The molecule has 0 spiro atoms. The molecular weight excluding hydrogens is 595 g/mol. The molecule has 11 heteroatoms. The van der Waals surface area contributed by atoms with Gasteiger partial charge in [0.15, 0.2) is 0 Å². The second-order valence-electron chi connectivity index (χ2n) is 8.54. The van der Waals surface area contributed by atoms with E-state index in [9.17, 15) is 25.5 Å². The van der Waals surface area contributed by atoms with Crippen LogP contribution in [-0.2, 0) is 0 Å². The molecule has 5 rings (SSSR count). The van der Waals surface area contributed by atoms with Crippen molar-refractivity contribution in [2.75, 3.05) is 0 Å². The van der Waals surface area contributed by atoms with Gasteiger partial charge in [-0.25, -0.2) is 0 Å². The zero-order valence-electron chi connectivity index (χ0n) is 21.3. The van der Waals surface area contributed by atoms with Crippen LogP contribution in [0.15, 0.2) is 121 Å². The summed E-state index contributed by atoms with van der Waals surface area (Å²) in [6.07, 6.45) is 0. The average Bonchev–Trinajstić information content (AvgIpc) is 2.96. The van der Waals surface area contributed by atoms with Crippen molar-refractivity contribution in [2.45, 2.75) is 0 Å². The van der Waals surface area contributed by atoms with E-state index in [1.807, 2.05) is 0 Å². The van der Waals surface area contributed by atoms with Crippen LogP contribution in [0, 0.1) is 0 Å². The summed E-state index contributed by atoms with van der Waals surface area (Å²) >= 11 is -6.85. The summed E-state index contributed by atoms with van der Waals surface area (Å²) in [5.74, 6) is -3.06. The molecule has 0 atom stereocenters. The Kier molecular flexibility index (Phi) is 7.33. The van der Waals surface area contributed by atoms with E-state index in [2.05, 4.69) is 0 Å². The molecule has 0 aliphatic rings. The Bertz CT molecular complexity index is 1380. The molecule has 0 heterocycles. The predicted octanol–water partition coefficient (Wildman–Crippen LogP) is 5.80. The van der Waals surface area contributed by atoms with Crippen LogP contribution in [0.25, 0.3) is 0 Å². The fourth-order valence-corrected chi connectivity index (χ4v) is 9.43. The van der Waals surface area contributed by atoms with Gasteiger partial charge < -0.3 is 0 Å². The quantitative estimate of drug-likeness (QED) is 0.122. The van der Waals surface area contributed by atoms with Crippen molar-refractivity contribution in [1.82, 2.24) is 0 Å². The van der Waals surface area contributed by atoms with E-state index >= 15 is 0 Å². The minimum absolute atomic E-state index is 0.241. The number of rotatable bonds is 10. The maximum atomic E-state index is 10.8. The molecule has 5 aromatic rings. The van der Waals surface area contributed by atoms with Crippen molar-refractivity contribution in [3.05, 3.63) is 121 Å². The maximum absolute atomic E-state index is 10.8. The van der Waals surface area contributed by atoms with Crippen LogP contribution in [0.4, 0.5) is 0 Å². The molecule has 0 aliphatic heterocycles. The zero-order chi connectivity index (χ0) is 28.9.